The molecule has 0 saturated heterocycles. The second-order valence-electron chi connectivity index (χ2n) is 5.44. The number of nitrogens with zero attached hydrogens (tertiary/aromatic N) is 2. The molecule has 19 heavy (non-hydrogen) atoms. The second-order valence-corrected chi connectivity index (χ2v) is 5.44. The molecular formula is C15H21N3O. The highest BCUT2D eigenvalue weighted by molar-refractivity contribution is 5.98. The average Bonchev–Trinajstić information content (AvgIpc) is 3.24. The fourth-order valence-corrected chi connectivity index (χ4v) is 3.22. The number of hydrogen-bond acceptors (Lipinski definition) is 4. The summed E-state index contributed by atoms with van der Waals surface area (Å²) in [7, 11) is 1.69. The zero-order valence-corrected chi connectivity index (χ0v) is 11.6. The standard InChI is InChI=1S/C15H21N3O/c1-3-15(11-7-8-11)10-17-14(16)18(15)12-5-4-6-13(9-12)19-2/h4-6,9,11H,3,7-8,10H2,1-2H3,(H2,16,17). The van der Waals surface area contributed by atoms with E-state index in [-0.39, 0.29) is 5.54 Å². The van der Waals surface area contributed by atoms with Gasteiger partial charge in [-0.3, -0.25) is 4.99 Å². The molecule has 2 N–H and O–H groups in total. The summed E-state index contributed by atoms with van der Waals surface area (Å²) in [5.74, 6) is 2.22. The van der Waals surface area contributed by atoms with Gasteiger partial charge < -0.3 is 15.4 Å². The van der Waals surface area contributed by atoms with E-state index in [2.05, 4.69) is 22.9 Å². The first-order valence-electron chi connectivity index (χ1n) is 6.95. The average molecular weight is 259 g/mol. The molecule has 1 aliphatic heterocycles. The van der Waals surface area contributed by atoms with Crippen LogP contribution >= 0.6 is 0 Å². The lowest BCUT2D eigenvalue weighted by atomic mass is 9.88. The van der Waals surface area contributed by atoms with Gasteiger partial charge in [-0.2, -0.15) is 0 Å². The van der Waals surface area contributed by atoms with Gasteiger partial charge in [-0.15, -0.1) is 0 Å². The molecule has 4 nitrogen and oxygen atoms in total. The van der Waals surface area contributed by atoms with E-state index in [0.29, 0.717) is 11.9 Å². The fourth-order valence-electron chi connectivity index (χ4n) is 3.22. The number of benzene rings is 1. The molecule has 1 atom stereocenters. The summed E-state index contributed by atoms with van der Waals surface area (Å²) in [6.45, 7) is 3.05. The van der Waals surface area contributed by atoms with Crippen molar-refractivity contribution in [3.63, 3.8) is 0 Å². The molecule has 0 aromatic heterocycles. The van der Waals surface area contributed by atoms with Gasteiger partial charge in [0, 0.05) is 11.8 Å². The van der Waals surface area contributed by atoms with Crippen LogP contribution in [0.2, 0.25) is 0 Å². The molecule has 1 aromatic carbocycles. The van der Waals surface area contributed by atoms with Crippen molar-refractivity contribution in [2.45, 2.75) is 31.7 Å². The molecule has 3 rings (SSSR count). The van der Waals surface area contributed by atoms with E-state index in [0.717, 1.165) is 24.4 Å². The minimum Gasteiger partial charge on any atom is -0.497 e. The van der Waals surface area contributed by atoms with Crippen LogP contribution in [0, 0.1) is 5.92 Å². The van der Waals surface area contributed by atoms with Crippen molar-refractivity contribution in [2.75, 3.05) is 18.6 Å². The van der Waals surface area contributed by atoms with Crippen LogP contribution in [0.25, 0.3) is 0 Å². The highest BCUT2D eigenvalue weighted by Crippen LogP contribution is 2.48. The van der Waals surface area contributed by atoms with Crippen LogP contribution in [-0.2, 0) is 0 Å². The number of anilines is 1. The van der Waals surface area contributed by atoms with Gasteiger partial charge in [0.15, 0.2) is 5.96 Å². The molecule has 0 radical (unpaired) electrons. The summed E-state index contributed by atoms with van der Waals surface area (Å²) >= 11 is 0. The molecule has 0 spiro atoms. The number of aliphatic imine (C=N–C) groups is 1. The van der Waals surface area contributed by atoms with Gasteiger partial charge in [0.25, 0.3) is 0 Å². The molecule has 1 fully saturated rings. The van der Waals surface area contributed by atoms with Crippen molar-refractivity contribution in [2.24, 2.45) is 16.6 Å². The fraction of sp³-hybridized carbons (Fsp3) is 0.533. The maximum atomic E-state index is 6.15. The van der Waals surface area contributed by atoms with Crippen LogP contribution in [0.4, 0.5) is 5.69 Å². The zero-order valence-electron chi connectivity index (χ0n) is 11.6. The third-order valence-electron chi connectivity index (χ3n) is 4.45. The predicted molar refractivity (Wildman–Crippen MR) is 77.7 cm³/mol. The van der Waals surface area contributed by atoms with Crippen LogP contribution in [0.15, 0.2) is 29.3 Å². The Morgan fingerprint density at radius 1 is 1.47 bits per heavy atom. The molecule has 2 aliphatic rings. The van der Waals surface area contributed by atoms with Gasteiger partial charge in [0.1, 0.15) is 5.75 Å². The van der Waals surface area contributed by atoms with Crippen molar-refractivity contribution in [3.05, 3.63) is 24.3 Å². The molecule has 1 aliphatic carbocycles. The number of ether oxygens (including phenoxy) is 1. The maximum Gasteiger partial charge on any atom is 0.196 e. The Morgan fingerprint density at radius 2 is 2.26 bits per heavy atom. The van der Waals surface area contributed by atoms with Crippen LogP contribution in [0.5, 0.6) is 5.75 Å². The Balaban J connectivity index is 2.01. The van der Waals surface area contributed by atoms with Crippen LogP contribution in [-0.4, -0.2) is 25.2 Å². The number of rotatable bonds is 4. The lowest BCUT2D eigenvalue weighted by Gasteiger charge is -2.39. The molecule has 0 amide bonds. The quantitative estimate of drug-likeness (QED) is 0.903. The van der Waals surface area contributed by atoms with E-state index >= 15 is 0 Å². The summed E-state index contributed by atoms with van der Waals surface area (Å²) < 4.78 is 5.32. The van der Waals surface area contributed by atoms with Gasteiger partial charge >= 0.3 is 0 Å². The SMILES string of the molecule is CCC1(C2CC2)CN=C(N)N1c1cccc(OC)c1. The van der Waals surface area contributed by atoms with Gasteiger partial charge in [0.05, 0.1) is 19.2 Å². The lowest BCUT2D eigenvalue weighted by molar-refractivity contribution is 0.384. The number of methoxy groups -OCH3 is 1. The molecule has 4 heteroatoms. The smallest absolute Gasteiger partial charge is 0.196 e. The van der Waals surface area contributed by atoms with Crippen LogP contribution < -0.4 is 15.4 Å². The number of hydrogen-bond donors (Lipinski definition) is 1. The second kappa shape index (κ2) is 4.44. The van der Waals surface area contributed by atoms with E-state index in [4.69, 9.17) is 10.5 Å². The van der Waals surface area contributed by atoms with Crippen molar-refractivity contribution in [3.8, 4) is 5.75 Å². The third-order valence-corrected chi connectivity index (χ3v) is 4.45. The summed E-state index contributed by atoms with van der Waals surface area (Å²) in [6, 6.07) is 8.09. The molecule has 1 aromatic rings. The van der Waals surface area contributed by atoms with Crippen molar-refractivity contribution in [1.82, 2.24) is 0 Å². The van der Waals surface area contributed by atoms with E-state index in [1.807, 2.05) is 18.2 Å². The Hall–Kier alpha value is -1.71. The topological polar surface area (TPSA) is 50.8 Å². The van der Waals surface area contributed by atoms with E-state index in [1.54, 1.807) is 7.11 Å². The minimum absolute atomic E-state index is 0.0798. The Morgan fingerprint density at radius 3 is 2.89 bits per heavy atom. The zero-order chi connectivity index (χ0) is 13.5. The predicted octanol–water partition coefficient (Wildman–Crippen LogP) is 2.39. The largest absolute Gasteiger partial charge is 0.497 e. The van der Waals surface area contributed by atoms with E-state index < -0.39 is 0 Å². The highest BCUT2D eigenvalue weighted by Gasteiger charge is 2.52. The Kier molecular flexibility index (Phi) is 2.88. The first kappa shape index (κ1) is 12.3. The summed E-state index contributed by atoms with van der Waals surface area (Å²) in [5, 5.41) is 0. The van der Waals surface area contributed by atoms with Crippen molar-refractivity contribution < 1.29 is 4.74 Å². The Labute approximate surface area is 114 Å². The minimum atomic E-state index is 0.0798. The maximum absolute atomic E-state index is 6.15. The van der Waals surface area contributed by atoms with E-state index in [9.17, 15) is 0 Å². The summed E-state index contributed by atoms with van der Waals surface area (Å²) in [6.07, 6.45) is 3.65. The first-order valence-corrected chi connectivity index (χ1v) is 6.95. The summed E-state index contributed by atoms with van der Waals surface area (Å²) in [5.41, 5.74) is 7.32. The van der Waals surface area contributed by atoms with Crippen molar-refractivity contribution in [1.29, 1.82) is 0 Å². The van der Waals surface area contributed by atoms with Crippen molar-refractivity contribution >= 4 is 11.6 Å². The first-order chi connectivity index (χ1) is 9.21. The summed E-state index contributed by atoms with van der Waals surface area (Å²) in [4.78, 5) is 6.74. The highest BCUT2D eigenvalue weighted by atomic mass is 16.5. The third kappa shape index (κ3) is 1.86. The van der Waals surface area contributed by atoms with Gasteiger partial charge in [-0.1, -0.05) is 13.0 Å². The van der Waals surface area contributed by atoms with Gasteiger partial charge in [-0.05, 0) is 37.3 Å². The van der Waals surface area contributed by atoms with E-state index in [1.165, 1.54) is 12.8 Å². The molecule has 102 valence electrons. The molecule has 1 saturated carbocycles. The van der Waals surface area contributed by atoms with Gasteiger partial charge in [0.2, 0.25) is 0 Å². The molecule has 1 heterocycles. The lowest BCUT2D eigenvalue weighted by Crippen LogP contribution is -2.53. The normalized spacial score (nSPS) is 26.4. The van der Waals surface area contributed by atoms with Crippen LogP contribution in [0.3, 0.4) is 0 Å². The van der Waals surface area contributed by atoms with Crippen LogP contribution in [0.1, 0.15) is 26.2 Å². The molecular weight excluding hydrogens is 238 g/mol. The van der Waals surface area contributed by atoms with Gasteiger partial charge in [-0.25, -0.2) is 0 Å². The molecule has 0 bridgehead atoms. The Bertz CT molecular complexity index is 510. The number of guanidine groups is 1. The molecule has 1 unspecified atom stereocenters. The monoisotopic (exact) mass is 259 g/mol. The number of nitrogens with two attached hydrogens (primary N) is 1.